The summed E-state index contributed by atoms with van der Waals surface area (Å²) in [6, 6.07) is 42.6. The minimum Gasteiger partial charge on any atom is -0.497 e. The molecule has 0 fully saturated rings. The van der Waals surface area contributed by atoms with Crippen molar-refractivity contribution in [3.8, 4) is 56.0 Å². The Labute approximate surface area is 318 Å². The maximum absolute atomic E-state index is 5.54. The maximum atomic E-state index is 5.54. The second-order valence-electron chi connectivity index (χ2n) is 13.6. The molecule has 2 aliphatic rings. The molecule has 2 aliphatic heterocycles. The van der Waals surface area contributed by atoms with Crippen molar-refractivity contribution < 1.29 is 9.47 Å². The number of benzene rings is 4. The van der Waals surface area contributed by atoms with E-state index in [1.54, 1.807) is 25.6 Å². The fourth-order valence-electron chi connectivity index (χ4n) is 7.25. The summed E-state index contributed by atoms with van der Waals surface area (Å²) in [6.45, 7) is 4.23. The van der Waals surface area contributed by atoms with Crippen LogP contribution in [0.1, 0.15) is 33.9 Å². The molecule has 0 amide bonds. The summed E-state index contributed by atoms with van der Waals surface area (Å²) in [7, 11) is 3.39. The van der Waals surface area contributed by atoms with Gasteiger partial charge in [-0.3, -0.25) is 0 Å². The summed E-state index contributed by atoms with van der Waals surface area (Å²) >= 11 is 1.75. The summed E-state index contributed by atoms with van der Waals surface area (Å²) in [5.74, 6) is 1.62. The van der Waals surface area contributed by atoms with E-state index in [9.17, 15) is 0 Å². The SMILES string of the molecule is COc1ccc(-c2c3nc(c(-c4ccc(C)cc4)c4ccc([nH]4)c(-c4ccc(C)cc4)c4nc(c(-c5ccc(OC)cc5)c5ccc2s5)C=C4)C=C3)cc1. The van der Waals surface area contributed by atoms with Crippen LogP contribution in [-0.4, -0.2) is 29.2 Å². The van der Waals surface area contributed by atoms with Crippen molar-refractivity contribution in [1.29, 1.82) is 0 Å². The number of hydrogen-bond acceptors (Lipinski definition) is 5. The molecule has 262 valence electrons. The quantitative estimate of drug-likeness (QED) is 0.186. The second kappa shape index (κ2) is 13.8. The molecule has 0 atom stereocenters. The van der Waals surface area contributed by atoms with Gasteiger partial charge in [0, 0.05) is 42.7 Å². The molecular weight excluding hydrogens is 683 g/mol. The number of nitrogens with one attached hydrogen (secondary N) is 1. The van der Waals surface area contributed by atoms with Crippen molar-refractivity contribution in [3.63, 3.8) is 0 Å². The number of hydrogen-bond donors (Lipinski definition) is 1. The molecule has 0 saturated carbocycles. The molecule has 5 heterocycles. The molecule has 3 aromatic heterocycles. The molecule has 9 rings (SSSR count). The average Bonchev–Trinajstić information content (AvgIpc) is 4.05. The van der Waals surface area contributed by atoms with E-state index in [1.807, 2.05) is 24.3 Å². The number of thiophene rings is 1. The molecule has 1 N–H and O–H groups in total. The standard InChI is InChI=1S/C48H37N3O2S/c1-29-5-9-31(10-6-29)45-37-21-22-38(49-37)46(32-11-7-30(2)8-12-32)40-24-26-42(51-40)48(34-15-19-36(53-4)20-16-34)44-28-27-43(54-44)47(41-25-23-39(45)50-41)33-13-17-35(52-3)18-14-33/h5-28,49H,1-4H3. The molecule has 54 heavy (non-hydrogen) atoms. The van der Waals surface area contributed by atoms with Gasteiger partial charge >= 0.3 is 0 Å². The van der Waals surface area contributed by atoms with Crippen molar-refractivity contribution >= 4 is 56.1 Å². The number of rotatable bonds is 6. The molecular formula is C48H37N3O2S. The molecule has 7 aromatic rings. The molecule has 0 unspecified atom stereocenters. The Morgan fingerprint density at radius 3 is 1.11 bits per heavy atom. The van der Waals surface area contributed by atoms with Crippen molar-refractivity contribution in [2.24, 2.45) is 0 Å². The molecule has 6 heteroatoms. The van der Waals surface area contributed by atoms with Gasteiger partial charge in [0.1, 0.15) is 11.5 Å². The van der Waals surface area contributed by atoms with E-state index in [1.165, 1.54) is 11.1 Å². The highest BCUT2D eigenvalue weighted by Gasteiger charge is 2.19. The van der Waals surface area contributed by atoms with E-state index in [0.717, 1.165) is 99.2 Å². The van der Waals surface area contributed by atoms with Gasteiger partial charge in [0.25, 0.3) is 0 Å². The van der Waals surface area contributed by atoms with E-state index < -0.39 is 0 Å². The third-order valence-corrected chi connectivity index (χ3v) is 11.2. The number of ether oxygens (including phenoxy) is 2. The van der Waals surface area contributed by atoms with Crippen LogP contribution in [0.2, 0.25) is 0 Å². The maximum Gasteiger partial charge on any atom is 0.118 e. The van der Waals surface area contributed by atoms with Crippen LogP contribution >= 0.6 is 11.3 Å². The molecule has 0 saturated heterocycles. The number of aromatic amines is 1. The number of methoxy groups -OCH3 is 2. The highest BCUT2D eigenvalue weighted by molar-refractivity contribution is 7.24. The minimum absolute atomic E-state index is 0.808. The first-order chi connectivity index (χ1) is 26.4. The summed E-state index contributed by atoms with van der Waals surface area (Å²) in [5.41, 5.74) is 16.5. The third kappa shape index (κ3) is 6.10. The van der Waals surface area contributed by atoms with Crippen LogP contribution in [0, 0.1) is 13.8 Å². The lowest BCUT2D eigenvalue weighted by Gasteiger charge is -2.08. The van der Waals surface area contributed by atoms with Gasteiger partial charge in [-0.25, -0.2) is 9.97 Å². The first kappa shape index (κ1) is 33.3. The number of H-pyrrole nitrogens is 1. The highest BCUT2D eigenvalue weighted by Crippen LogP contribution is 2.41. The third-order valence-electron chi connectivity index (χ3n) is 10.1. The Hall–Kier alpha value is -6.50. The molecule has 5 nitrogen and oxygen atoms in total. The van der Waals surface area contributed by atoms with Crippen molar-refractivity contribution in [1.82, 2.24) is 15.0 Å². The van der Waals surface area contributed by atoms with E-state index >= 15 is 0 Å². The lowest BCUT2D eigenvalue weighted by Crippen LogP contribution is -1.89. The monoisotopic (exact) mass is 719 g/mol. The lowest BCUT2D eigenvalue weighted by molar-refractivity contribution is 0.415. The van der Waals surface area contributed by atoms with Crippen molar-refractivity contribution in [2.75, 3.05) is 14.2 Å². The van der Waals surface area contributed by atoms with Gasteiger partial charge in [-0.2, -0.15) is 0 Å². The van der Waals surface area contributed by atoms with E-state index in [0.29, 0.717) is 0 Å². The van der Waals surface area contributed by atoms with Crippen LogP contribution in [0.25, 0.3) is 89.2 Å². The predicted octanol–water partition coefficient (Wildman–Crippen LogP) is 12.7. The smallest absolute Gasteiger partial charge is 0.118 e. The molecule has 4 aromatic carbocycles. The van der Waals surface area contributed by atoms with Gasteiger partial charge in [0.15, 0.2) is 0 Å². The first-order valence-corrected chi connectivity index (χ1v) is 18.8. The van der Waals surface area contributed by atoms with Gasteiger partial charge in [0.2, 0.25) is 0 Å². The number of aromatic nitrogens is 3. The molecule has 8 bridgehead atoms. The van der Waals surface area contributed by atoms with Crippen LogP contribution in [0.3, 0.4) is 0 Å². The molecule has 0 radical (unpaired) electrons. The number of fused-ring (bicyclic) bond motifs is 8. The number of nitrogens with zero attached hydrogens (tertiary/aromatic N) is 2. The van der Waals surface area contributed by atoms with Gasteiger partial charge in [0.05, 0.1) is 37.0 Å². The normalized spacial score (nSPS) is 11.9. The highest BCUT2D eigenvalue weighted by atomic mass is 32.1. The molecule has 0 spiro atoms. The fraction of sp³-hybridized carbons (Fsp3) is 0.0833. The Bertz CT molecular complexity index is 2580. The minimum atomic E-state index is 0.808. The Morgan fingerprint density at radius 1 is 0.407 bits per heavy atom. The van der Waals surface area contributed by atoms with Gasteiger partial charge < -0.3 is 14.5 Å². The second-order valence-corrected chi connectivity index (χ2v) is 14.7. The fourth-order valence-corrected chi connectivity index (χ4v) is 8.40. The van der Waals surface area contributed by atoms with E-state index in [4.69, 9.17) is 19.4 Å². The van der Waals surface area contributed by atoms with Crippen molar-refractivity contribution in [2.45, 2.75) is 13.8 Å². The lowest BCUT2D eigenvalue weighted by atomic mass is 10.0. The van der Waals surface area contributed by atoms with Crippen LogP contribution < -0.4 is 9.47 Å². The van der Waals surface area contributed by atoms with Crippen LogP contribution in [-0.2, 0) is 0 Å². The number of aryl methyl sites for hydroxylation is 2. The predicted molar refractivity (Wildman–Crippen MR) is 227 cm³/mol. The zero-order valence-electron chi connectivity index (χ0n) is 30.5. The first-order valence-electron chi connectivity index (χ1n) is 18.0. The Balaban J connectivity index is 1.45. The Morgan fingerprint density at radius 2 is 0.741 bits per heavy atom. The van der Waals surface area contributed by atoms with Crippen LogP contribution in [0.15, 0.2) is 121 Å². The van der Waals surface area contributed by atoms with Gasteiger partial charge in [-0.05, 0) is 109 Å². The Kier molecular flexibility index (Phi) is 8.53. The summed E-state index contributed by atoms with van der Waals surface area (Å²) < 4.78 is 13.3. The molecule has 0 aliphatic carbocycles. The van der Waals surface area contributed by atoms with Crippen LogP contribution in [0.5, 0.6) is 11.5 Å². The van der Waals surface area contributed by atoms with E-state index in [-0.39, 0.29) is 0 Å². The zero-order valence-corrected chi connectivity index (χ0v) is 31.3. The average molecular weight is 720 g/mol. The summed E-state index contributed by atoms with van der Waals surface area (Å²) in [6.07, 6.45) is 8.58. The van der Waals surface area contributed by atoms with E-state index in [2.05, 4.69) is 140 Å². The van der Waals surface area contributed by atoms with Crippen molar-refractivity contribution in [3.05, 3.63) is 155 Å². The topological polar surface area (TPSA) is 60.0 Å². The van der Waals surface area contributed by atoms with Gasteiger partial charge in [-0.1, -0.05) is 83.9 Å². The summed E-state index contributed by atoms with van der Waals surface area (Å²) in [4.78, 5) is 14.7. The van der Waals surface area contributed by atoms with Crippen LogP contribution in [0.4, 0.5) is 0 Å². The van der Waals surface area contributed by atoms with Gasteiger partial charge in [-0.15, -0.1) is 11.3 Å². The summed E-state index contributed by atoms with van der Waals surface area (Å²) in [5, 5.41) is 0. The zero-order chi connectivity index (χ0) is 36.8. The largest absolute Gasteiger partial charge is 0.497 e.